The highest BCUT2D eigenvalue weighted by atomic mass is 16.2. The van der Waals surface area contributed by atoms with Gasteiger partial charge < -0.3 is 16.4 Å². The Morgan fingerprint density at radius 2 is 1.77 bits per heavy atom. The van der Waals surface area contributed by atoms with Gasteiger partial charge in [0, 0.05) is 36.1 Å². The summed E-state index contributed by atoms with van der Waals surface area (Å²) in [5, 5.41) is 5.92. The van der Waals surface area contributed by atoms with Crippen molar-refractivity contribution in [3.05, 3.63) is 95.3 Å². The van der Waals surface area contributed by atoms with Gasteiger partial charge in [0.25, 0.3) is 5.91 Å². The first-order valence-electron chi connectivity index (χ1n) is 10.0. The molecule has 6 nitrogen and oxygen atoms in total. The van der Waals surface area contributed by atoms with Gasteiger partial charge >= 0.3 is 0 Å². The van der Waals surface area contributed by atoms with Crippen LogP contribution in [0.3, 0.4) is 0 Å². The maximum Gasteiger partial charge on any atom is 0.255 e. The maximum absolute atomic E-state index is 12.5. The maximum atomic E-state index is 12.5. The Morgan fingerprint density at radius 3 is 2.53 bits per heavy atom. The molecule has 30 heavy (non-hydrogen) atoms. The van der Waals surface area contributed by atoms with Gasteiger partial charge in [-0.05, 0) is 53.8 Å². The van der Waals surface area contributed by atoms with Crippen LogP contribution in [-0.2, 0) is 11.2 Å². The topological polar surface area (TPSA) is 97.1 Å². The minimum Gasteiger partial charge on any atom is -0.349 e. The number of anilines is 1. The Bertz CT molecular complexity index is 1030. The van der Waals surface area contributed by atoms with Crippen molar-refractivity contribution in [1.82, 2.24) is 10.3 Å². The number of rotatable bonds is 6. The summed E-state index contributed by atoms with van der Waals surface area (Å²) in [6, 6.07) is 18.3. The first-order chi connectivity index (χ1) is 14.6. The van der Waals surface area contributed by atoms with Crippen molar-refractivity contribution in [3.8, 4) is 0 Å². The van der Waals surface area contributed by atoms with Gasteiger partial charge in [-0.2, -0.15) is 0 Å². The molecule has 0 fully saturated rings. The van der Waals surface area contributed by atoms with Gasteiger partial charge in [-0.3, -0.25) is 14.6 Å². The van der Waals surface area contributed by atoms with E-state index in [0.717, 1.165) is 18.4 Å². The molecule has 2 amide bonds. The lowest BCUT2D eigenvalue weighted by atomic mass is 10.0. The Hall–Kier alpha value is -3.51. The number of nitrogens with one attached hydrogen (secondary N) is 2. The predicted octanol–water partition coefficient (Wildman–Crippen LogP) is 3.53. The third-order valence-electron chi connectivity index (χ3n) is 5.41. The third kappa shape index (κ3) is 4.55. The lowest BCUT2D eigenvalue weighted by molar-refractivity contribution is -0.122. The number of aryl methyl sites for hydroxylation is 1. The van der Waals surface area contributed by atoms with Crippen LogP contribution in [0.25, 0.3) is 0 Å². The van der Waals surface area contributed by atoms with Crippen LogP contribution in [0.4, 0.5) is 5.69 Å². The summed E-state index contributed by atoms with van der Waals surface area (Å²) in [5.74, 6) is -0.275. The monoisotopic (exact) mass is 400 g/mol. The number of hydrogen-bond donors (Lipinski definition) is 3. The zero-order valence-corrected chi connectivity index (χ0v) is 16.5. The lowest BCUT2D eigenvalue weighted by Crippen LogP contribution is -2.30. The van der Waals surface area contributed by atoms with Gasteiger partial charge in [0.15, 0.2) is 0 Å². The number of fused-ring (bicyclic) bond motifs is 1. The molecule has 0 bridgehead atoms. The second-order valence-electron chi connectivity index (χ2n) is 7.48. The summed E-state index contributed by atoms with van der Waals surface area (Å²) in [5.41, 5.74) is 10.8. The normalized spacial score (nSPS) is 15.8. The minimum absolute atomic E-state index is 0.0557. The molecule has 4 rings (SSSR count). The molecule has 0 aliphatic heterocycles. The van der Waals surface area contributed by atoms with Crippen molar-refractivity contribution in [2.24, 2.45) is 5.73 Å². The van der Waals surface area contributed by atoms with Crippen molar-refractivity contribution in [2.45, 2.75) is 31.3 Å². The van der Waals surface area contributed by atoms with Crippen molar-refractivity contribution in [1.29, 1.82) is 0 Å². The van der Waals surface area contributed by atoms with E-state index in [1.807, 2.05) is 12.1 Å². The van der Waals surface area contributed by atoms with Crippen LogP contribution in [-0.4, -0.2) is 16.8 Å². The average Bonchev–Trinajstić information content (AvgIpc) is 3.17. The summed E-state index contributed by atoms with van der Waals surface area (Å²) >= 11 is 0. The summed E-state index contributed by atoms with van der Waals surface area (Å²) in [4.78, 5) is 28.8. The number of carbonyl (C=O) groups excluding carboxylic acids is 2. The Labute approximate surface area is 175 Å². The highest BCUT2D eigenvalue weighted by molar-refractivity contribution is 6.04. The second kappa shape index (κ2) is 8.88. The molecule has 1 aliphatic carbocycles. The number of nitrogens with zero attached hydrogens (tertiary/aromatic N) is 1. The van der Waals surface area contributed by atoms with E-state index < -0.39 is 6.04 Å². The molecule has 1 aliphatic rings. The molecule has 0 radical (unpaired) electrons. The summed E-state index contributed by atoms with van der Waals surface area (Å²) in [6.45, 7) is 0. The van der Waals surface area contributed by atoms with E-state index in [4.69, 9.17) is 5.73 Å². The molecule has 3 aromatic rings. The fourth-order valence-electron chi connectivity index (χ4n) is 3.80. The first-order valence-corrected chi connectivity index (χ1v) is 10.0. The van der Waals surface area contributed by atoms with Crippen molar-refractivity contribution in [3.63, 3.8) is 0 Å². The van der Waals surface area contributed by atoms with E-state index in [9.17, 15) is 9.59 Å². The molecule has 152 valence electrons. The molecule has 2 aromatic carbocycles. The molecular weight excluding hydrogens is 376 g/mol. The summed E-state index contributed by atoms with van der Waals surface area (Å²) < 4.78 is 0. The SMILES string of the molecule is N[C@H](CC(=O)N[C@@H]1CCc2ccccc21)c1ccc(C(=O)Nc2ccncc2)cc1. The second-order valence-corrected chi connectivity index (χ2v) is 7.48. The fraction of sp³-hybridized carbons (Fsp3) is 0.208. The number of amides is 2. The molecule has 4 N–H and O–H groups in total. The Morgan fingerprint density at radius 1 is 1.03 bits per heavy atom. The fourth-order valence-corrected chi connectivity index (χ4v) is 3.80. The number of carbonyl (C=O) groups is 2. The van der Waals surface area contributed by atoms with Crippen molar-refractivity contribution >= 4 is 17.5 Å². The minimum atomic E-state index is -0.432. The van der Waals surface area contributed by atoms with Gasteiger partial charge in [0.05, 0.1) is 6.04 Å². The number of hydrogen-bond acceptors (Lipinski definition) is 4. The number of pyridine rings is 1. The van der Waals surface area contributed by atoms with E-state index in [1.165, 1.54) is 11.1 Å². The molecule has 0 spiro atoms. The lowest BCUT2D eigenvalue weighted by Gasteiger charge is -2.17. The van der Waals surface area contributed by atoms with Gasteiger partial charge in [0.1, 0.15) is 0 Å². The van der Waals surface area contributed by atoms with Crippen LogP contribution in [0.2, 0.25) is 0 Å². The van der Waals surface area contributed by atoms with Crippen molar-refractivity contribution < 1.29 is 9.59 Å². The average molecular weight is 400 g/mol. The van der Waals surface area contributed by atoms with Gasteiger partial charge in [-0.25, -0.2) is 0 Å². The molecule has 0 unspecified atom stereocenters. The molecule has 0 saturated carbocycles. The first kappa shape index (κ1) is 19.8. The smallest absolute Gasteiger partial charge is 0.255 e. The largest absolute Gasteiger partial charge is 0.349 e. The van der Waals surface area contributed by atoms with E-state index in [1.54, 1.807) is 48.8 Å². The number of aromatic nitrogens is 1. The van der Waals surface area contributed by atoms with Crippen LogP contribution in [0, 0.1) is 0 Å². The van der Waals surface area contributed by atoms with Gasteiger partial charge in [-0.15, -0.1) is 0 Å². The molecule has 0 saturated heterocycles. The highest BCUT2D eigenvalue weighted by Crippen LogP contribution is 2.31. The molecular formula is C24H24N4O2. The Kier molecular flexibility index (Phi) is 5.86. The zero-order valence-electron chi connectivity index (χ0n) is 16.5. The van der Waals surface area contributed by atoms with Crippen LogP contribution >= 0.6 is 0 Å². The molecule has 1 heterocycles. The zero-order chi connectivity index (χ0) is 20.9. The van der Waals surface area contributed by atoms with Crippen LogP contribution < -0.4 is 16.4 Å². The van der Waals surface area contributed by atoms with Gasteiger partial charge in [0.2, 0.25) is 5.91 Å². The van der Waals surface area contributed by atoms with Crippen LogP contribution in [0.5, 0.6) is 0 Å². The van der Waals surface area contributed by atoms with E-state index in [0.29, 0.717) is 11.3 Å². The van der Waals surface area contributed by atoms with Crippen LogP contribution in [0.15, 0.2) is 73.1 Å². The van der Waals surface area contributed by atoms with Gasteiger partial charge in [-0.1, -0.05) is 36.4 Å². The quantitative estimate of drug-likeness (QED) is 0.590. The molecule has 1 aromatic heterocycles. The summed E-state index contributed by atoms with van der Waals surface area (Å²) in [7, 11) is 0. The Balaban J connectivity index is 1.33. The van der Waals surface area contributed by atoms with E-state index in [2.05, 4.69) is 27.8 Å². The van der Waals surface area contributed by atoms with E-state index in [-0.39, 0.29) is 24.3 Å². The van der Waals surface area contributed by atoms with Crippen molar-refractivity contribution in [2.75, 3.05) is 5.32 Å². The third-order valence-corrected chi connectivity index (χ3v) is 5.41. The summed E-state index contributed by atoms with van der Waals surface area (Å²) in [6.07, 6.45) is 5.33. The van der Waals surface area contributed by atoms with E-state index >= 15 is 0 Å². The standard InChI is InChI=1S/C24H24N4O2/c25-21(15-23(29)28-22-10-9-16-3-1-2-4-20(16)22)17-5-7-18(8-6-17)24(30)27-19-11-13-26-14-12-19/h1-8,11-14,21-22H,9-10,15,25H2,(H,28,29)(H,26,27,30)/t21-,22-/m1/s1. The predicted molar refractivity (Wildman–Crippen MR) is 116 cm³/mol. The number of benzene rings is 2. The number of nitrogens with two attached hydrogens (primary N) is 1. The highest BCUT2D eigenvalue weighted by Gasteiger charge is 2.24. The molecule has 2 atom stereocenters. The molecule has 6 heteroatoms. The van der Waals surface area contributed by atoms with Crippen LogP contribution in [0.1, 0.15) is 52.0 Å².